The third-order valence-corrected chi connectivity index (χ3v) is 4.05. The van der Waals surface area contributed by atoms with Gasteiger partial charge in [-0.1, -0.05) is 33.6 Å². The van der Waals surface area contributed by atoms with Crippen molar-refractivity contribution in [2.24, 2.45) is 0 Å². The SMILES string of the molecule is CCOc1cc(/C=C(\C#N)C(=O)Nc2cccc(Cl)c2)c(Br)cc1O. The summed E-state index contributed by atoms with van der Waals surface area (Å²) in [5.41, 5.74) is 0.909. The monoisotopic (exact) mass is 420 g/mol. The molecule has 0 spiro atoms. The number of nitriles is 1. The Morgan fingerprint density at radius 1 is 1.44 bits per heavy atom. The Balaban J connectivity index is 2.32. The summed E-state index contributed by atoms with van der Waals surface area (Å²) in [5, 5.41) is 22.2. The lowest BCUT2D eigenvalue weighted by Crippen LogP contribution is -2.13. The smallest absolute Gasteiger partial charge is 0.266 e. The molecule has 0 bridgehead atoms. The van der Waals surface area contributed by atoms with Crippen molar-refractivity contribution in [2.75, 3.05) is 11.9 Å². The number of nitrogens with zero attached hydrogens (tertiary/aromatic N) is 1. The fourth-order valence-corrected chi connectivity index (χ4v) is 2.65. The van der Waals surface area contributed by atoms with Gasteiger partial charge in [0.2, 0.25) is 0 Å². The van der Waals surface area contributed by atoms with Crippen molar-refractivity contribution < 1.29 is 14.6 Å². The van der Waals surface area contributed by atoms with E-state index in [1.165, 1.54) is 12.1 Å². The van der Waals surface area contributed by atoms with E-state index in [0.29, 0.717) is 27.4 Å². The van der Waals surface area contributed by atoms with Crippen LogP contribution in [0, 0.1) is 11.3 Å². The summed E-state index contributed by atoms with van der Waals surface area (Å²) < 4.78 is 5.84. The molecule has 0 heterocycles. The normalized spacial score (nSPS) is 10.9. The number of carbonyl (C=O) groups is 1. The molecular weight excluding hydrogens is 408 g/mol. The Hall–Kier alpha value is -2.49. The molecule has 2 N–H and O–H groups in total. The van der Waals surface area contributed by atoms with Gasteiger partial charge < -0.3 is 15.2 Å². The molecular formula is C18H14BrClN2O3. The number of phenolic OH excluding ortho intramolecular Hbond substituents is 1. The van der Waals surface area contributed by atoms with Gasteiger partial charge >= 0.3 is 0 Å². The maximum Gasteiger partial charge on any atom is 0.266 e. The first-order valence-electron chi connectivity index (χ1n) is 7.28. The molecule has 2 rings (SSSR count). The molecule has 0 unspecified atom stereocenters. The Kier molecular flexibility index (Phi) is 6.45. The van der Waals surface area contributed by atoms with E-state index < -0.39 is 5.91 Å². The highest BCUT2D eigenvalue weighted by Crippen LogP contribution is 2.33. The van der Waals surface area contributed by atoms with Crippen molar-refractivity contribution >= 4 is 45.2 Å². The average Bonchev–Trinajstić information content (AvgIpc) is 2.56. The van der Waals surface area contributed by atoms with Gasteiger partial charge in [0.25, 0.3) is 5.91 Å². The van der Waals surface area contributed by atoms with Crippen LogP contribution in [-0.4, -0.2) is 17.6 Å². The molecule has 0 atom stereocenters. The van der Waals surface area contributed by atoms with E-state index in [9.17, 15) is 15.2 Å². The van der Waals surface area contributed by atoms with Gasteiger partial charge in [0.15, 0.2) is 11.5 Å². The van der Waals surface area contributed by atoms with Crippen LogP contribution in [0.3, 0.4) is 0 Å². The number of aromatic hydroxyl groups is 1. The molecule has 0 aliphatic rings. The number of rotatable bonds is 5. The van der Waals surface area contributed by atoms with E-state index in [4.69, 9.17) is 16.3 Å². The van der Waals surface area contributed by atoms with Crippen LogP contribution in [0.5, 0.6) is 11.5 Å². The van der Waals surface area contributed by atoms with Crippen LogP contribution in [0.2, 0.25) is 5.02 Å². The van der Waals surface area contributed by atoms with Crippen LogP contribution in [0.1, 0.15) is 12.5 Å². The Labute approximate surface area is 158 Å². The highest BCUT2D eigenvalue weighted by molar-refractivity contribution is 9.10. The zero-order valence-corrected chi connectivity index (χ0v) is 15.6. The molecule has 7 heteroatoms. The number of phenols is 1. The van der Waals surface area contributed by atoms with E-state index in [1.54, 1.807) is 37.3 Å². The quantitative estimate of drug-likeness (QED) is 0.539. The summed E-state index contributed by atoms with van der Waals surface area (Å²) in [6, 6.07) is 11.5. The highest BCUT2D eigenvalue weighted by atomic mass is 79.9. The molecule has 0 saturated carbocycles. The first kappa shape index (κ1) is 18.8. The number of carbonyl (C=O) groups excluding carboxylic acids is 1. The number of anilines is 1. The van der Waals surface area contributed by atoms with Crippen LogP contribution in [0.25, 0.3) is 6.08 Å². The standard InChI is InChI=1S/C18H14BrClN2O3/c1-2-25-17-7-11(15(19)9-16(17)23)6-12(10-21)18(24)22-14-5-3-4-13(20)8-14/h3-9,23H,2H2,1H3,(H,22,24)/b12-6+. The summed E-state index contributed by atoms with van der Waals surface area (Å²) >= 11 is 9.18. The fraction of sp³-hybridized carbons (Fsp3) is 0.111. The van der Waals surface area contributed by atoms with Gasteiger partial charge in [-0.15, -0.1) is 0 Å². The van der Waals surface area contributed by atoms with Gasteiger partial charge in [0.1, 0.15) is 11.6 Å². The first-order chi connectivity index (χ1) is 11.9. The lowest BCUT2D eigenvalue weighted by Gasteiger charge is -2.09. The number of ether oxygens (including phenoxy) is 1. The van der Waals surface area contributed by atoms with E-state index >= 15 is 0 Å². The minimum atomic E-state index is -0.567. The lowest BCUT2D eigenvalue weighted by molar-refractivity contribution is -0.112. The van der Waals surface area contributed by atoms with Crippen molar-refractivity contribution in [3.05, 3.63) is 57.0 Å². The van der Waals surface area contributed by atoms with Gasteiger partial charge in [0.05, 0.1) is 6.61 Å². The van der Waals surface area contributed by atoms with Crippen molar-refractivity contribution in [2.45, 2.75) is 6.92 Å². The van der Waals surface area contributed by atoms with Crippen molar-refractivity contribution in [3.8, 4) is 17.6 Å². The number of halogens is 2. The topological polar surface area (TPSA) is 82.3 Å². The molecule has 0 radical (unpaired) electrons. The van der Waals surface area contributed by atoms with Crippen molar-refractivity contribution in [3.63, 3.8) is 0 Å². The number of hydrogen-bond donors (Lipinski definition) is 2. The number of amides is 1. The largest absolute Gasteiger partial charge is 0.504 e. The number of benzene rings is 2. The molecule has 0 aliphatic heterocycles. The van der Waals surface area contributed by atoms with Crippen LogP contribution < -0.4 is 10.1 Å². The summed E-state index contributed by atoms with van der Waals surface area (Å²) in [7, 11) is 0. The molecule has 1 amide bonds. The Bertz CT molecular complexity index is 875. The van der Waals surface area contributed by atoms with E-state index in [-0.39, 0.29) is 17.1 Å². The second-order valence-electron chi connectivity index (χ2n) is 4.91. The van der Waals surface area contributed by atoms with Crippen LogP contribution >= 0.6 is 27.5 Å². The van der Waals surface area contributed by atoms with Crippen LogP contribution in [0.4, 0.5) is 5.69 Å². The second kappa shape index (κ2) is 8.56. The predicted octanol–water partition coefficient (Wildman–Crippen LogP) is 4.75. The van der Waals surface area contributed by atoms with Crippen LogP contribution in [-0.2, 0) is 4.79 Å². The second-order valence-corrected chi connectivity index (χ2v) is 6.20. The van der Waals surface area contributed by atoms with Crippen molar-refractivity contribution in [1.82, 2.24) is 0 Å². The minimum Gasteiger partial charge on any atom is -0.504 e. The molecule has 2 aromatic carbocycles. The van der Waals surface area contributed by atoms with E-state index in [2.05, 4.69) is 21.2 Å². The van der Waals surface area contributed by atoms with Gasteiger partial charge in [0, 0.05) is 15.2 Å². The summed E-state index contributed by atoms with van der Waals surface area (Å²) in [5.74, 6) is -0.333. The highest BCUT2D eigenvalue weighted by Gasteiger charge is 2.13. The van der Waals surface area contributed by atoms with Gasteiger partial charge in [-0.25, -0.2) is 0 Å². The molecule has 0 fully saturated rings. The summed E-state index contributed by atoms with van der Waals surface area (Å²) in [6.07, 6.45) is 1.41. The van der Waals surface area contributed by atoms with E-state index in [1.807, 2.05) is 6.07 Å². The molecule has 25 heavy (non-hydrogen) atoms. The first-order valence-corrected chi connectivity index (χ1v) is 8.45. The fourth-order valence-electron chi connectivity index (χ4n) is 2.01. The van der Waals surface area contributed by atoms with Gasteiger partial charge in [-0.2, -0.15) is 5.26 Å². The Morgan fingerprint density at radius 3 is 2.84 bits per heavy atom. The summed E-state index contributed by atoms with van der Waals surface area (Å²) in [4.78, 5) is 12.3. The third kappa shape index (κ3) is 4.99. The number of nitrogens with one attached hydrogen (secondary N) is 1. The maximum absolute atomic E-state index is 12.3. The lowest BCUT2D eigenvalue weighted by atomic mass is 10.1. The zero-order valence-electron chi connectivity index (χ0n) is 13.2. The van der Waals surface area contributed by atoms with Gasteiger partial charge in [-0.3, -0.25) is 4.79 Å². The maximum atomic E-state index is 12.3. The molecule has 0 aromatic heterocycles. The minimum absolute atomic E-state index is 0.0345. The Morgan fingerprint density at radius 2 is 2.20 bits per heavy atom. The van der Waals surface area contributed by atoms with Gasteiger partial charge in [-0.05, 0) is 48.9 Å². The molecule has 0 saturated heterocycles. The molecule has 128 valence electrons. The van der Waals surface area contributed by atoms with Crippen LogP contribution in [0.15, 0.2) is 46.4 Å². The zero-order chi connectivity index (χ0) is 18.4. The molecule has 0 aliphatic carbocycles. The summed E-state index contributed by atoms with van der Waals surface area (Å²) in [6.45, 7) is 2.16. The average molecular weight is 422 g/mol. The van der Waals surface area contributed by atoms with Crippen molar-refractivity contribution in [1.29, 1.82) is 5.26 Å². The third-order valence-electron chi connectivity index (χ3n) is 3.13. The predicted molar refractivity (Wildman–Crippen MR) is 101 cm³/mol. The van der Waals surface area contributed by atoms with E-state index in [0.717, 1.165) is 0 Å². The molecule has 5 nitrogen and oxygen atoms in total. The number of hydrogen-bond acceptors (Lipinski definition) is 4. The molecule has 2 aromatic rings.